The van der Waals surface area contributed by atoms with E-state index in [1.807, 2.05) is 0 Å². The van der Waals surface area contributed by atoms with Crippen LogP contribution in [-0.2, 0) is 0 Å². The highest BCUT2D eigenvalue weighted by Gasteiger charge is 2.25. The first-order valence-electron chi connectivity index (χ1n) is 24.3. The fraction of sp³-hybridized carbons (Fsp3) is 0.0588. The van der Waals surface area contributed by atoms with Gasteiger partial charge in [0.05, 0.1) is 22.7 Å². The topological polar surface area (TPSA) is 6.48 Å². The Hall–Kier alpha value is -8.72. The molecule has 0 aliphatic rings. The normalized spacial score (nSPS) is 11.4. The zero-order valence-electron chi connectivity index (χ0n) is 40.0. The molecule has 0 bridgehead atoms. The highest BCUT2D eigenvalue weighted by atomic mass is 15.2. The highest BCUT2D eigenvalue weighted by molar-refractivity contribution is 6.28. The molecule has 12 rings (SSSR count). The summed E-state index contributed by atoms with van der Waals surface area (Å²) in [5.74, 6) is 0. The average molecular weight is 897 g/mol. The predicted octanol–water partition coefficient (Wildman–Crippen LogP) is 19.4. The molecule has 0 saturated carbocycles. The third-order valence-corrected chi connectivity index (χ3v) is 14.3. The second-order valence-electron chi connectivity index (χ2n) is 18.7. The van der Waals surface area contributed by atoms with Gasteiger partial charge in [0.25, 0.3) is 0 Å². The number of benzene rings is 12. The molecule has 0 unspecified atom stereocenters. The summed E-state index contributed by atoms with van der Waals surface area (Å²) in [4.78, 5) is 5.01. The molecule has 0 spiro atoms. The zero-order chi connectivity index (χ0) is 47.3. The van der Waals surface area contributed by atoms with Gasteiger partial charge < -0.3 is 9.80 Å². The Morgan fingerprint density at radius 2 is 0.586 bits per heavy atom. The quantitative estimate of drug-likeness (QED) is 0.126. The zero-order valence-corrected chi connectivity index (χ0v) is 40.0. The minimum Gasteiger partial charge on any atom is -0.310 e. The van der Waals surface area contributed by atoms with Gasteiger partial charge in [0.2, 0.25) is 0 Å². The standard InChI is InChI=1S/C68H52N2/c1-45-25-33-57(34-26-45)69(65-43-55(49-17-9-5-10-18-49)41-61(47(65)3)51-21-13-7-14-22-51)63-39-31-53-30-38-60-64(40-32-54-29-37-59(63)67(53)68(54)60)70(58-35-27-46(2)28-36-58)66-44-56(50-19-11-6-12-20-50)42-62(48(66)4)52-23-15-8-16-24-52/h5-44H,1-4H3. The molecule has 0 aliphatic carbocycles. The van der Waals surface area contributed by atoms with Crippen LogP contribution in [-0.4, -0.2) is 0 Å². The summed E-state index contributed by atoms with van der Waals surface area (Å²) in [7, 11) is 0. The van der Waals surface area contributed by atoms with Gasteiger partial charge in [0, 0.05) is 22.1 Å². The molecular weight excluding hydrogens is 845 g/mol. The highest BCUT2D eigenvalue weighted by Crippen LogP contribution is 2.50. The lowest BCUT2D eigenvalue weighted by atomic mass is 9.90. The summed E-state index contributed by atoms with van der Waals surface area (Å²) < 4.78 is 0. The molecule has 0 aromatic heterocycles. The summed E-state index contributed by atoms with van der Waals surface area (Å²) >= 11 is 0. The van der Waals surface area contributed by atoms with Gasteiger partial charge in [-0.1, -0.05) is 193 Å². The minimum atomic E-state index is 1.11. The van der Waals surface area contributed by atoms with E-state index in [9.17, 15) is 0 Å². The fourth-order valence-corrected chi connectivity index (χ4v) is 10.7. The van der Waals surface area contributed by atoms with Crippen molar-refractivity contribution in [1.82, 2.24) is 0 Å². The van der Waals surface area contributed by atoms with E-state index >= 15 is 0 Å². The Kier molecular flexibility index (Phi) is 10.8. The van der Waals surface area contributed by atoms with E-state index < -0.39 is 0 Å². The van der Waals surface area contributed by atoms with Crippen LogP contribution in [0.4, 0.5) is 34.1 Å². The SMILES string of the molecule is Cc1ccc(N(c2cc(-c3ccccc3)cc(-c3ccccc3)c2C)c2ccc3ccc4c(N(c5ccc(C)cc5)c5cc(-c6ccccc6)cc(-c6ccccc6)c5C)ccc5ccc2c3c54)cc1. The molecule has 70 heavy (non-hydrogen) atoms. The third-order valence-electron chi connectivity index (χ3n) is 14.3. The summed E-state index contributed by atoms with van der Waals surface area (Å²) in [5, 5.41) is 7.36. The second kappa shape index (κ2) is 17.7. The molecule has 0 atom stereocenters. The fourth-order valence-electron chi connectivity index (χ4n) is 10.7. The molecule has 0 N–H and O–H groups in total. The van der Waals surface area contributed by atoms with Gasteiger partial charge in [-0.15, -0.1) is 0 Å². The number of hydrogen-bond acceptors (Lipinski definition) is 2. The van der Waals surface area contributed by atoms with Crippen LogP contribution in [0.25, 0.3) is 76.8 Å². The van der Waals surface area contributed by atoms with E-state index in [0.717, 1.165) is 34.1 Å². The van der Waals surface area contributed by atoms with Crippen LogP contribution >= 0.6 is 0 Å². The Morgan fingerprint density at radius 3 is 0.943 bits per heavy atom. The monoisotopic (exact) mass is 896 g/mol. The van der Waals surface area contributed by atoms with E-state index in [1.54, 1.807) is 0 Å². The number of aryl methyl sites for hydroxylation is 2. The Labute approximate surface area is 411 Å². The van der Waals surface area contributed by atoms with Crippen molar-refractivity contribution in [2.75, 3.05) is 9.80 Å². The van der Waals surface area contributed by atoms with Crippen LogP contribution in [0.15, 0.2) is 243 Å². The van der Waals surface area contributed by atoms with E-state index in [2.05, 4.69) is 280 Å². The van der Waals surface area contributed by atoms with Crippen molar-refractivity contribution in [3.63, 3.8) is 0 Å². The van der Waals surface area contributed by atoms with Crippen molar-refractivity contribution in [1.29, 1.82) is 0 Å². The number of anilines is 6. The molecule has 0 radical (unpaired) electrons. The third kappa shape index (κ3) is 7.55. The van der Waals surface area contributed by atoms with Crippen LogP contribution in [0.3, 0.4) is 0 Å². The van der Waals surface area contributed by atoms with Gasteiger partial charge in [-0.05, 0) is 166 Å². The van der Waals surface area contributed by atoms with Crippen molar-refractivity contribution in [3.8, 4) is 44.5 Å². The largest absolute Gasteiger partial charge is 0.310 e. The number of nitrogens with zero attached hydrogens (tertiary/aromatic N) is 2. The van der Waals surface area contributed by atoms with Gasteiger partial charge in [0.15, 0.2) is 0 Å². The van der Waals surface area contributed by atoms with Crippen molar-refractivity contribution in [2.24, 2.45) is 0 Å². The lowest BCUT2D eigenvalue weighted by Gasteiger charge is -2.32. The first-order valence-corrected chi connectivity index (χ1v) is 24.3. The Bertz CT molecular complexity index is 3570. The maximum atomic E-state index is 2.50. The van der Waals surface area contributed by atoms with Crippen molar-refractivity contribution in [3.05, 3.63) is 265 Å². The van der Waals surface area contributed by atoms with Gasteiger partial charge in [-0.2, -0.15) is 0 Å². The van der Waals surface area contributed by atoms with E-state index in [1.165, 1.54) is 99.1 Å². The molecule has 0 fully saturated rings. The molecule has 0 saturated heterocycles. The van der Waals surface area contributed by atoms with Crippen LogP contribution in [0.1, 0.15) is 22.3 Å². The van der Waals surface area contributed by atoms with E-state index in [0.29, 0.717) is 0 Å². The Balaban J connectivity index is 1.12. The first-order chi connectivity index (χ1) is 34.4. The molecule has 0 aliphatic heterocycles. The molecule has 12 aromatic rings. The summed E-state index contributed by atoms with van der Waals surface area (Å²) in [6, 6.07) is 89.5. The molecule has 0 heterocycles. The maximum absolute atomic E-state index is 2.50. The average Bonchev–Trinajstić information content (AvgIpc) is 3.41. The van der Waals surface area contributed by atoms with E-state index in [4.69, 9.17) is 0 Å². The minimum absolute atomic E-state index is 1.11. The van der Waals surface area contributed by atoms with Crippen LogP contribution in [0.2, 0.25) is 0 Å². The van der Waals surface area contributed by atoms with Gasteiger partial charge in [-0.3, -0.25) is 0 Å². The first kappa shape index (κ1) is 42.6. The number of rotatable bonds is 10. The van der Waals surface area contributed by atoms with Crippen LogP contribution < -0.4 is 9.80 Å². The van der Waals surface area contributed by atoms with Crippen molar-refractivity contribution < 1.29 is 0 Å². The smallest absolute Gasteiger partial charge is 0.0540 e. The number of hydrogen-bond donors (Lipinski definition) is 0. The van der Waals surface area contributed by atoms with E-state index in [-0.39, 0.29) is 0 Å². The van der Waals surface area contributed by atoms with Crippen LogP contribution in [0, 0.1) is 27.7 Å². The Morgan fingerprint density at radius 1 is 0.257 bits per heavy atom. The predicted molar refractivity (Wildman–Crippen MR) is 300 cm³/mol. The molecule has 2 heteroatoms. The molecule has 334 valence electrons. The van der Waals surface area contributed by atoms with Gasteiger partial charge >= 0.3 is 0 Å². The summed E-state index contributed by atoms with van der Waals surface area (Å²) in [6.45, 7) is 8.90. The second-order valence-corrected chi connectivity index (χ2v) is 18.7. The molecular formula is C68H52N2. The van der Waals surface area contributed by atoms with Gasteiger partial charge in [-0.25, -0.2) is 0 Å². The summed E-state index contributed by atoms with van der Waals surface area (Å²) in [5.41, 5.74) is 21.2. The van der Waals surface area contributed by atoms with Crippen LogP contribution in [0.5, 0.6) is 0 Å². The van der Waals surface area contributed by atoms with Crippen molar-refractivity contribution >= 4 is 66.4 Å². The molecule has 2 nitrogen and oxygen atoms in total. The summed E-state index contributed by atoms with van der Waals surface area (Å²) in [6.07, 6.45) is 0. The lowest BCUT2D eigenvalue weighted by Crippen LogP contribution is -2.13. The van der Waals surface area contributed by atoms with Gasteiger partial charge in [0.1, 0.15) is 0 Å². The lowest BCUT2D eigenvalue weighted by molar-refractivity contribution is 1.25. The van der Waals surface area contributed by atoms with Crippen molar-refractivity contribution in [2.45, 2.75) is 27.7 Å². The molecule has 12 aromatic carbocycles. The maximum Gasteiger partial charge on any atom is 0.0540 e. The molecule has 0 amide bonds.